The van der Waals surface area contributed by atoms with Gasteiger partial charge in [0.25, 0.3) is 0 Å². The van der Waals surface area contributed by atoms with Crippen LogP contribution in [0.4, 0.5) is 11.4 Å². The Balaban J connectivity index is 1.35. The number of rotatable bonds is 2. The summed E-state index contributed by atoms with van der Waals surface area (Å²) in [5, 5.41) is 9.36. The molecule has 0 amide bonds. The zero-order chi connectivity index (χ0) is 25.2. The van der Waals surface area contributed by atoms with Crippen LogP contribution >= 0.6 is 23.4 Å². The topological polar surface area (TPSA) is 17.0 Å². The van der Waals surface area contributed by atoms with Crippen LogP contribution in [0.1, 0.15) is 0 Å². The highest BCUT2D eigenvalue weighted by atomic mass is 35.5. The largest absolute Gasteiger partial charge is 0.352 e. The van der Waals surface area contributed by atoms with Gasteiger partial charge in [0.05, 0.1) is 27.4 Å². The van der Waals surface area contributed by atoms with Crippen LogP contribution < -0.4 is 5.32 Å². The molecule has 0 atom stereocenters. The first kappa shape index (κ1) is 21.9. The van der Waals surface area contributed by atoms with Crippen LogP contribution in [0.2, 0.25) is 5.02 Å². The zero-order valence-corrected chi connectivity index (χ0v) is 21.9. The first-order chi connectivity index (χ1) is 18.7. The van der Waals surface area contributed by atoms with Crippen LogP contribution in [-0.2, 0) is 0 Å². The van der Waals surface area contributed by atoms with E-state index in [0.717, 1.165) is 21.3 Å². The summed E-state index contributed by atoms with van der Waals surface area (Å²) >= 11 is 8.21. The predicted octanol–water partition coefficient (Wildman–Crippen LogP) is 10.5. The first-order valence-electron chi connectivity index (χ1n) is 12.6. The molecule has 0 spiro atoms. The summed E-state index contributed by atoms with van der Waals surface area (Å²) in [6.07, 6.45) is 0. The molecule has 38 heavy (non-hydrogen) atoms. The van der Waals surface area contributed by atoms with Gasteiger partial charge in [-0.25, -0.2) is 0 Å². The normalized spacial score (nSPS) is 12.4. The van der Waals surface area contributed by atoms with Gasteiger partial charge in [-0.2, -0.15) is 0 Å². The van der Waals surface area contributed by atoms with Crippen LogP contribution in [0.5, 0.6) is 0 Å². The van der Waals surface area contributed by atoms with Gasteiger partial charge in [-0.1, -0.05) is 90.1 Å². The van der Waals surface area contributed by atoms with Crippen LogP contribution in [0, 0.1) is 0 Å². The van der Waals surface area contributed by atoms with Crippen molar-refractivity contribution < 1.29 is 0 Å². The molecule has 0 unspecified atom stereocenters. The van der Waals surface area contributed by atoms with E-state index in [1.54, 1.807) is 11.8 Å². The fourth-order valence-electron chi connectivity index (χ4n) is 5.68. The summed E-state index contributed by atoms with van der Waals surface area (Å²) in [6.45, 7) is 0. The van der Waals surface area contributed by atoms with Gasteiger partial charge in [-0.3, -0.25) is 0 Å². The lowest BCUT2D eigenvalue weighted by molar-refractivity contribution is 1.18. The predicted molar refractivity (Wildman–Crippen MR) is 163 cm³/mol. The number of para-hydroxylation sites is 2. The quantitative estimate of drug-likeness (QED) is 0.242. The number of aromatic nitrogens is 1. The number of anilines is 2. The van der Waals surface area contributed by atoms with Gasteiger partial charge in [0.2, 0.25) is 0 Å². The Labute approximate surface area is 229 Å². The summed E-state index contributed by atoms with van der Waals surface area (Å²) in [4.78, 5) is 2.35. The molecule has 0 saturated carbocycles. The summed E-state index contributed by atoms with van der Waals surface area (Å²) in [7, 11) is 0. The molecule has 7 aromatic rings. The minimum Gasteiger partial charge on any atom is -0.352 e. The second-order valence-corrected chi connectivity index (χ2v) is 11.1. The van der Waals surface area contributed by atoms with Gasteiger partial charge < -0.3 is 9.88 Å². The number of halogens is 1. The maximum Gasteiger partial charge on any atom is 0.0715 e. The fourth-order valence-corrected chi connectivity index (χ4v) is 7.02. The molecule has 0 aliphatic carbocycles. The van der Waals surface area contributed by atoms with Crippen molar-refractivity contribution in [2.24, 2.45) is 0 Å². The third-order valence-corrected chi connectivity index (χ3v) is 8.87. The lowest BCUT2D eigenvalue weighted by atomic mass is 10.00. The van der Waals surface area contributed by atoms with Gasteiger partial charge in [-0.05, 0) is 76.5 Å². The molecule has 2 heterocycles. The Kier molecular flexibility index (Phi) is 4.84. The minimum absolute atomic E-state index is 0.747. The van der Waals surface area contributed by atoms with Crippen LogP contribution in [0.3, 0.4) is 0 Å². The molecular formula is C34H21ClN2S. The lowest BCUT2D eigenvalue weighted by Gasteiger charge is -2.22. The van der Waals surface area contributed by atoms with Gasteiger partial charge in [0, 0.05) is 26.3 Å². The highest BCUT2D eigenvalue weighted by Crippen LogP contribution is 2.48. The fraction of sp³-hybridized carbons (Fsp3) is 0. The lowest BCUT2D eigenvalue weighted by Crippen LogP contribution is -2.00. The van der Waals surface area contributed by atoms with Crippen LogP contribution in [0.15, 0.2) is 131 Å². The molecule has 1 aliphatic rings. The van der Waals surface area contributed by atoms with E-state index in [-0.39, 0.29) is 0 Å². The van der Waals surface area contributed by atoms with E-state index in [9.17, 15) is 0 Å². The molecule has 0 saturated heterocycles. The Morgan fingerprint density at radius 3 is 2.32 bits per heavy atom. The molecular weight excluding hydrogens is 504 g/mol. The Morgan fingerprint density at radius 1 is 0.605 bits per heavy atom. The molecule has 4 heteroatoms. The van der Waals surface area contributed by atoms with E-state index in [0.29, 0.717) is 0 Å². The molecule has 0 radical (unpaired) electrons. The summed E-state index contributed by atoms with van der Waals surface area (Å²) in [5.41, 5.74) is 8.09. The smallest absolute Gasteiger partial charge is 0.0715 e. The number of nitrogens with zero attached hydrogens (tertiary/aromatic N) is 1. The summed E-state index contributed by atoms with van der Waals surface area (Å²) in [5.74, 6) is 0. The Morgan fingerprint density at radius 2 is 1.39 bits per heavy atom. The number of hydrogen-bond acceptors (Lipinski definition) is 2. The van der Waals surface area contributed by atoms with Crippen molar-refractivity contribution in [1.29, 1.82) is 0 Å². The van der Waals surface area contributed by atoms with Crippen molar-refractivity contribution in [3.63, 3.8) is 0 Å². The molecule has 0 bridgehead atoms. The summed E-state index contributed by atoms with van der Waals surface area (Å²) in [6, 6.07) is 43.4. The van der Waals surface area contributed by atoms with Crippen molar-refractivity contribution >= 4 is 67.3 Å². The second-order valence-electron chi connectivity index (χ2n) is 9.63. The maximum atomic E-state index is 6.45. The standard InChI is InChI=1S/C34H21ClN2S/c35-27-11-6-12-31-34(27)36-28-16-13-23(20-32(28)38-31)22-15-17-29-26(19-22)33-25-10-5-4-7-21(25)14-18-30(33)37(29)24-8-2-1-3-9-24/h1-20,36H. The SMILES string of the molecule is Clc1cccc2c1Nc1ccc(-c3ccc4c(c3)c3c5ccccc5ccc3n4-c3ccccc3)cc1S2. The van der Waals surface area contributed by atoms with Crippen molar-refractivity contribution in [3.8, 4) is 16.8 Å². The zero-order valence-electron chi connectivity index (χ0n) is 20.3. The number of benzene rings is 6. The van der Waals surface area contributed by atoms with Gasteiger partial charge >= 0.3 is 0 Å². The minimum atomic E-state index is 0.747. The first-order valence-corrected chi connectivity index (χ1v) is 13.8. The van der Waals surface area contributed by atoms with Crippen LogP contribution in [0.25, 0.3) is 49.4 Å². The van der Waals surface area contributed by atoms with Gasteiger partial charge in [-0.15, -0.1) is 0 Å². The molecule has 8 rings (SSSR count). The monoisotopic (exact) mass is 524 g/mol. The molecule has 1 aliphatic heterocycles. The molecule has 6 aromatic carbocycles. The third-order valence-electron chi connectivity index (χ3n) is 7.44. The number of hydrogen-bond donors (Lipinski definition) is 1. The van der Waals surface area contributed by atoms with E-state index in [1.165, 1.54) is 54.3 Å². The molecule has 1 N–H and O–H groups in total. The number of nitrogens with one attached hydrogen (secondary N) is 1. The van der Waals surface area contributed by atoms with Gasteiger partial charge in [0.1, 0.15) is 0 Å². The van der Waals surface area contributed by atoms with Crippen molar-refractivity contribution in [1.82, 2.24) is 4.57 Å². The Bertz CT molecular complexity index is 2040. The van der Waals surface area contributed by atoms with E-state index in [1.807, 2.05) is 12.1 Å². The van der Waals surface area contributed by atoms with Crippen molar-refractivity contribution in [2.45, 2.75) is 9.79 Å². The number of fused-ring (bicyclic) bond motifs is 7. The van der Waals surface area contributed by atoms with Gasteiger partial charge in [0.15, 0.2) is 0 Å². The molecule has 2 nitrogen and oxygen atoms in total. The summed E-state index contributed by atoms with van der Waals surface area (Å²) < 4.78 is 2.38. The average Bonchev–Trinajstić information content (AvgIpc) is 3.31. The third kappa shape index (κ3) is 3.29. The maximum absolute atomic E-state index is 6.45. The highest BCUT2D eigenvalue weighted by molar-refractivity contribution is 7.99. The molecule has 0 fully saturated rings. The van der Waals surface area contributed by atoms with Crippen molar-refractivity contribution in [2.75, 3.05) is 5.32 Å². The molecule has 180 valence electrons. The van der Waals surface area contributed by atoms with E-state index >= 15 is 0 Å². The van der Waals surface area contributed by atoms with Crippen LogP contribution in [-0.4, -0.2) is 4.57 Å². The molecule has 1 aromatic heterocycles. The van der Waals surface area contributed by atoms with E-state index < -0.39 is 0 Å². The Hall–Kier alpha value is -4.18. The second kappa shape index (κ2) is 8.42. The van der Waals surface area contributed by atoms with E-state index in [2.05, 4.69) is 119 Å². The van der Waals surface area contributed by atoms with E-state index in [4.69, 9.17) is 11.6 Å². The average molecular weight is 525 g/mol. The highest BCUT2D eigenvalue weighted by Gasteiger charge is 2.19. The van der Waals surface area contributed by atoms with Crippen molar-refractivity contribution in [3.05, 3.63) is 126 Å².